The van der Waals surface area contributed by atoms with Crippen molar-refractivity contribution in [2.75, 3.05) is 25.1 Å². The quantitative estimate of drug-likeness (QED) is 0.663. The van der Waals surface area contributed by atoms with E-state index in [2.05, 4.69) is 4.98 Å². The lowest BCUT2D eigenvalue weighted by Crippen LogP contribution is -2.48. The first-order valence-electron chi connectivity index (χ1n) is 10.6. The van der Waals surface area contributed by atoms with Gasteiger partial charge in [-0.3, -0.25) is 9.78 Å². The second kappa shape index (κ2) is 8.77. The highest BCUT2D eigenvalue weighted by molar-refractivity contribution is 5.79. The highest BCUT2D eigenvalue weighted by atomic mass is 19.4. The molecule has 0 spiro atoms. The van der Waals surface area contributed by atoms with Gasteiger partial charge >= 0.3 is 6.18 Å². The summed E-state index contributed by atoms with van der Waals surface area (Å²) in [7, 11) is 1.56. The van der Waals surface area contributed by atoms with Gasteiger partial charge in [0.05, 0.1) is 18.9 Å². The number of amides is 1. The molecule has 2 heterocycles. The van der Waals surface area contributed by atoms with Crippen molar-refractivity contribution in [2.24, 2.45) is 5.92 Å². The molecule has 2 fully saturated rings. The minimum absolute atomic E-state index is 0.0141. The van der Waals surface area contributed by atoms with Crippen LogP contribution in [-0.4, -0.2) is 42.0 Å². The zero-order valence-electron chi connectivity index (χ0n) is 17.4. The molecule has 1 saturated heterocycles. The van der Waals surface area contributed by atoms with Gasteiger partial charge in [-0.2, -0.15) is 13.2 Å². The van der Waals surface area contributed by atoms with E-state index in [1.54, 1.807) is 25.6 Å². The molecule has 8 heteroatoms. The van der Waals surface area contributed by atoms with Crippen LogP contribution in [0.5, 0.6) is 5.75 Å². The highest BCUT2D eigenvalue weighted by Gasteiger charge is 2.35. The average Bonchev–Trinajstić information content (AvgIpc) is 2.73. The highest BCUT2D eigenvalue weighted by Crippen LogP contribution is 2.39. The van der Waals surface area contributed by atoms with Crippen molar-refractivity contribution in [3.63, 3.8) is 0 Å². The number of benzene rings is 1. The Morgan fingerprint density at radius 1 is 1.10 bits per heavy atom. The first-order chi connectivity index (χ1) is 14.9. The number of rotatable bonds is 5. The Labute approximate surface area is 179 Å². The van der Waals surface area contributed by atoms with E-state index in [0.29, 0.717) is 30.2 Å². The number of piperidine rings is 1. The van der Waals surface area contributed by atoms with E-state index in [0.717, 1.165) is 44.2 Å². The predicted octanol–water partition coefficient (Wildman–Crippen LogP) is 5.04. The van der Waals surface area contributed by atoms with E-state index in [-0.39, 0.29) is 17.9 Å². The minimum Gasteiger partial charge on any atom is -0.494 e. The van der Waals surface area contributed by atoms with Gasteiger partial charge in [-0.1, -0.05) is 6.42 Å². The summed E-state index contributed by atoms with van der Waals surface area (Å²) in [5.74, 6) is 1.01. The number of hydrogen-bond acceptors (Lipinski definition) is 4. The minimum atomic E-state index is -4.39. The number of methoxy groups -OCH3 is 1. The molecule has 1 aliphatic heterocycles. The van der Waals surface area contributed by atoms with Gasteiger partial charge in [0.25, 0.3) is 0 Å². The molecule has 0 unspecified atom stereocenters. The van der Waals surface area contributed by atoms with E-state index < -0.39 is 11.7 Å². The van der Waals surface area contributed by atoms with E-state index >= 15 is 0 Å². The molecule has 166 valence electrons. The Kier molecular flexibility index (Phi) is 6.07. The number of anilines is 2. The second-order valence-corrected chi connectivity index (χ2v) is 8.15. The maximum atomic E-state index is 13.1. The lowest BCUT2D eigenvalue weighted by atomic mass is 9.84. The van der Waals surface area contributed by atoms with Gasteiger partial charge in [0.15, 0.2) is 0 Å². The molecule has 1 saturated carbocycles. The first-order valence-corrected chi connectivity index (χ1v) is 10.6. The number of nitrogens with zero attached hydrogens (tertiary/aromatic N) is 3. The summed E-state index contributed by atoms with van der Waals surface area (Å²) < 4.78 is 44.7. The molecule has 1 aliphatic carbocycles. The summed E-state index contributed by atoms with van der Waals surface area (Å²) in [6.07, 6.45) is 3.41. The standard InChI is InChI=1S/C23H26F3N3O2/c1-31-21-9-12-27-15-20(21)29(18-7-5-17(6-8-18)23(24,25)26)19-10-13-28(14-11-19)22(30)16-3-2-4-16/h5-9,12,15-16,19H,2-4,10-11,13-14H2,1H3. The largest absolute Gasteiger partial charge is 0.494 e. The van der Waals surface area contributed by atoms with E-state index in [9.17, 15) is 18.0 Å². The summed E-state index contributed by atoms with van der Waals surface area (Å²) in [5, 5.41) is 0. The van der Waals surface area contributed by atoms with Gasteiger partial charge in [0, 0.05) is 43.0 Å². The van der Waals surface area contributed by atoms with E-state index in [4.69, 9.17) is 4.74 Å². The van der Waals surface area contributed by atoms with Crippen molar-refractivity contribution in [1.82, 2.24) is 9.88 Å². The van der Waals surface area contributed by atoms with Crippen molar-refractivity contribution in [1.29, 1.82) is 0 Å². The van der Waals surface area contributed by atoms with Crippen LogP contribution >= 0.6 is 0 Å². The van der Waals surface area contributed by atoms with Gasteiger partial charge in [-0.05, 0) is 49.9 Å². The molecule has 4 rings (SSSR count). The fraction of sp³-hybridized carbons (Fsp3) is 0.478. The molecule has 0 atom stereocenters. The maximum absolute atomic E-state index is 13.1. The maximum Gasteiger partial charge on any atom is 0.416 e. The number of aromatic nitrogens is 1. The van der Waals surface area contributed by atoms with Gasteiger partial charge in [-0.25, -0.2) is 0 Å². The van der Waals surface area contributed by atoms with E-state index in [1.807, 2.05) is 9.80 Å². The summed E-state index contributed by atoms with van der Waals surface area (Å²) in [6, 6.07) is 6.92. The number of hydrogen-bond donors (Lipinski definition) is 0. The second-order valence-electron chi connectivity index (χ2n) is 8.15. The lowest BCUT2D eigenvalue weighted by Gasteiger charge is -2.41. The van der Waals surface area contributed by atoms with Crippen LogP contribution in [0.2, 0.25) is 0 Å². The molecule has 1 aromatic carbocycles. The normalized spacial score (nSPS) is 17.9. The van der Waals surface area contributed by atoms with Crippen LogP contribution in [0.4, 0.5) is 24.5 Å². The van der Waals surface area contributed by atoms with Crippen LogP contribution in [0.1, 0.15) is 37.7 Å². The van der Waals surface area contributed by atoms with Crippen molar-refractivity contribution in [3.05, 3.63) is 48.3 Å². The molecule has 31 heavy (non-hydrogen) atoms. The van der Waals surface area contributed by atoms with Gasteiger partial charge in [-0.15, -0.1) is 0 Å². The first kappa shape index (κ1) is 21.5. The van der Waals surface area contributed by atoms with Crippen molar-refractivity contribution >= 4 is 17.3 Å². The van der Waals surface area contributed by atoms with Crippen molar-refractivity contribution in [2.45, 2.75) is 44.3 Å². The summed E-state index contributed by atoms with van der Waals surface area (Å²) >= 11 is 0. The number of halogens is 3. The number of alkyl halides is 3. The third-order valence-electron chi connectivity index (χ3n) is 6.31. The molecule has 1 amide bonds. The third kappa shape index (κ3) is 4.48. The predicted molar refractivity (Wildman–Crippen MR) is 111 cm³/mol. The summed E-state index contributed by atoms with van der Waals surface area (Å²) in [6.45, 7) is 1.28. The fourth-order valence-electron chi connectivity index (χ4n) is 4.34. The third-order valence-corrected chi connectivity index (χ3v) is 6.31. The van der Waals surface area contributed by atoms with Gasteiger partial charge in [0.1, 0.15) is 11.4 Å². The number of carbonyl (C=O) groups is 1. The molecule has 2 aliphatic rings. The topological polar surface area (TPSA) is 45.7 Å². The van der Waals surface area contributed by atoms with Crippen LogP contribution in [-0.2, 0) is 11.0 Å². The molecule has 0 radical (unpaired) electrons. The molecule has 2 aromatic rings. The molecule has 0 N–H and O–H groups in total. The van der Waals surface area contributed by atoms with E-state index in [1.165, 1.54) is 12.1 Å². The SMILES string of the molecule is COc1ccncc1N(c1ccc(C(F)(F)F)cc1)C1CCN(C(=O)C2CCC2)CC1. The summed E-state index contributed by atoms with van der Waals surface area (Å²) in [5.41, 5.74) is 0.659. The number of ether oxygens (including phenoxy) is 1. The lowest BCUT2D eigenvalue weighted by molar-refractivity contribution is -0.139. The number of carbonyl (C=O) groups excluding carboxylic acids is 1. The number of likely N-dealkylation sites (tertiary alicyclic amines) is 1. The Bertz CT molecular complexity index is 905. The summed E-state index contributed by atoms with van der Waals surface area (Å²) in [4.78, 5) is 20.7. The Hall–Kier alpha value is -2.77. The Morgan fingerprint density at radius 2 is 1.77 bits per heavy atom. The van der Waals surface area contributed by atoms with Crippen LogP contribution in [0.25, 0.3) is 0 Å². The van der Waals surface area contributed by atoms with Crippen LogP contribution in [0.15, 0.2) is 42.7 Å². The Balaban J connectivity index is 1.60. The smallest absolute Gasteiger partial charge is 0.416 e. The fourth-order valence-corrected chi connectivity index (χ4v) is 4.34. The molecule has 0 bridgehead atoms. The zero-order chi connectivity index (χ0) is 22.0. The number of pyridine rings is 1. The van der Waals surface area contributed by atoms with Gasteiger partial charge < -0.3 is 14.5 Å². The molecule has 1 aromatic heterocycles. The van der Waals surface area contributed by atoms with Crippen LogP contribution in [0.3, 0.4) is 0 Å². The zero-order valence-corrected chi connectivity index (χ0v) is 17.4. The monoisotopic (exact) mass is 433 g/mol. The molecular weight excluding hydrogens is 407 g/mol. The average molecular weight is 433 g/mol. The van der Waals surface area contributed by atoms with Crippen molar-refractivity contribution < 1.29 is 22.7 Å². The molecular formula is C23H26F3N3O2. The molecule has 5 nitrogen and oxygen atoms in total. The van der Waals surface area contributed by atoms with Gasteiger partial charge in [0.2, 0.25) is 5.91 Å². The van der Waals surface area contributed by atoms with Crippen LogP contribution in [0, 0.1) is 5.92 Å². The van der Waals surface area contributed by atoms with Crippen LogP contribution < -0.4 is 9.64 Å². The van der Waals surface area contributed by atoms with Crippen molar-refractivity contribution in [3.8, 4) is 5.75 Å². The Morgan fingerprint density at radius 3 is 2.32 bits per heavy atom.